The number of hydrogen-bond acceptors (Lipinski definition) is 3. The van der Waals surface area contributed by atoms with Crippen molar-refractivity contribution in [2.24, 2.45) is 5.92 Å². The third-order valence-corrected chi connectivity index (χ3v) is 5.70. The molecule has 3 fully saturated rings. The summed E-state index contributed by atoms with van der Waals surface area (Å²) in [5.41, 5.74) is 1.37. The maximum atomic E-state index is 5.82. The zero-order chi connectivity index (χ0) is 14.1. The molecule has 2 heterocycles. The van der Waals surface area contributed by atoms with Crippen molar-refractivity contribution in [3.63, 3.8) is 0 Å². The van der Waals surface area contributed by atoms with Crippen LogP contribution < -0.4 is 5.32 Å². The molecule has 2 atom stereocenters. The highest BCUT2D eigenvalue weighted by Gasteiger charge is 2.33. The fourth-order valence-corrected chi connectivity index (χ4v) is 4.31. The Morgan fingerprint density at radius 3 is 2.86 bits per heavy atom. The van der Waals surface area contributed by atoms with E-state index < -0.39 is 0 Å². The zero-order valence-corrected chi connectivity index (χ0v) is 13.0. The number of hydrogen-bond donors (Lipinski definition) is 1. The van der Waals surface area contributed by atoms with E-state index >= 15 is 0 Å². The first kappa shape index (κ1) is 13.8. The van der Waals surface area contributed by atoms with Crippen LogP contribution >= 0.6 is 0 Å². The normalized spacial score (nSPS) is 30.3. The maximum Gasteiger partial charge on any atom is 0.122 e. The third kappa shape index (κ3) is 3.19. The molecular weight excluding hydrogens is 260 g/mol. The Kier molecular flexibility index (Phi) is 4.04. The van der Waals surface area contributed by atoms with Gasteiger partial charge in [0, 0.05) is 24.2 Å². The lowest BCUT2D eigenvalue weighted by Crippen LogP contribution is -2.46. The van der Waals surface area contributed by atoms with Crippen LogP contribution in [0.3, 0.4) is 0 Å². The topological polar surface area (TPSA) is 28.4 Å². The summed E-state index contributed by atoms with van der Waals surface area (Å²) < 4.78 is 5.82. The summed E-state index contributed by atoms with van der Waals surface area (Å²) in [4.78, 5) is 2.72. The number of likely N-dealkylation sites (tertiary alicyclic amines) is 1. The van der Waals surface area contributed by atoms with E-state index in [0.29, 0.717) is 0 Å². The highest BCUT2D eigenvalue weighted by atomic mass is 16.3. The second-order valence-corrected chi connectivity index (χ2v) is 7.25. The van der Waals surface area contributed by atoms with Gasteiger partial charge in [0.05, 0.1) is 12.8 Å². The van der Waals surface area contributed by atoms with Gasteiger partial charge in [-0.3, -0.25) is 4.90 Å². The number of rotatable bonds is 5. The molecule has 1 aromatic heterocycles. The molecule has 2 saturated carbocycles. The van der Waals surface area contributed by atoms with E-state index in [9.17, 15) is 0 Å². The van der Waals surface area contributed by atoms with Gasteiger partial charge in [-0.05, 0) is 57.1 Å². The minimum atomic E-state index is 0.769. The Morgan fingerprint density at radius 2 is 1.95 bits per heavy atom. The highest BCUT2D eigenvalue weighted by Crippen LogP contribution is 2.36. The smallest absolute Gasteiger partial charge is 0.122 e. The van der Waals surface area contributed by atoms with Gasteiger partial charge < -0.3 is 9.73 Å². The molecule has 3 aliphatic rings. The number of nitrogens with zero attached hydrogens (tertiary/aromatic N) is 1. The van der Waals surface area contributed by atoms with Gasteiger partial charge in [-0.1, -0.05) is 12.8 Å². The molecular formula is C18H28N2O. The van der Waals surface area contributed by atoms with E-state index in [-0.39, 0.29) is 0 Å². The number of fused-ring (bicyclic) bond motifs is 1. The van der Waals surface area contributed by atoms with Crippen LogP contribution in [0.25, 0.3) is 0 Å². The van der Waals surface area contributed by atoms with Crippen molar-refractivity contribution in [2.75, 3.05) is 6.54 Å². The molecule has 2 unspecified atom stereocenters. The lowest BCUT2D eigenvalue weighted by Gasteiger charge is -2.44. The summed E-state index contributed by atoms with van der Waals surface area (Å²) in [5.74, 6) is 2.16. The molecule has 1 aliphatic heterocycles. The van der Waals surface area contributed by atoms with Crippen LogP contribution in [-0.2, 0) is 13.1 Å². The predicted molar refractivity (Wildman–Crippen MR) is 84.0 cm³/mol. The standard InChI is InChI=1S/C18H28N2O/c1-2-6-17-14(4-1)5-3-10-20(17)13-18-15(9-11-21-18)12-19-16-7-8-16/h9,11,14,16-17,19H,1-8,10,12-13H2. The van der Waals surface area contributed by atoms with Crippen LogP contribution in [-0.4, -0.2) is 23.5 Å². The van der Waals surface area contributed by atoms with Gasteiger partial charge in [-0.25, -0.2) is 0 Å². The molecule has 116 valence electrons. The molecule has 0 spiro atoms. The first-order valence-corrected chi connectivity index (χ1v) is 8.93. The van der Waals surface area contributed by atoms with Crippen LogP contribution in [0.5, 0.6) is 0 Å². The van der Waals surface area contributed by atoms with E-state index in [4.69, 9.17) is 4.42 Å². The summed E-state index contributed by atoms with van der Waals surface area (Å²) in [6.45, 7) is 3.27. The first-order valence-electron chi connectivity index (χ1n) is 8.93. The fraction of sp³-hybridized carbons (Fsp3) is 0.778. The van der Waals surface area contributed by atoms with Crippen molar-refractivity contribution in [1.82, 2.24) is 10.2 Å². The van der Waals surface area contributed by atoms with E-state index in [0.717, 1.165) is 31.1 Å². The van der Waals surface area contributed by atoms with Crippen molar-refractivity contribution >= 4 is 0 Å². The van der Waals surface area contributed by atoms with Gasteiger partial charge in [0.1, 0.15) is 5.76 Å². The van der Waals surface area contributed by atoms with Crippen LogP contribution in [0, 0.1) is 5.92 Å². The lowest BCUT2D eigenvalue weighted by atomic mass is 9.78. The van der Waals surface area contributed by atoms with Crippen molar-refractivity contribution < 1.29 is 4.42 Å². The van der Waals surface area contributed by atoms with E-state index in [1.54, 1.807) is 0 Å². The molecule has 2 aliphatic carbocycles. The quantitative estimate of drug-likeness (QED) is 0.896. The molecule has 3 nitrogen and oxygen atoms in total. The minimum Gasteiger partial charge on any atom is -0.468 e. The van der Waals surface area contributed by atoms with Gasteiger partial charge in [-0.15, -0.1) is 0 Å². The number of piperidine rings is 1. The van der Waals surface area contributed by atoms with Crippen LogP contribution in [0.2, 0.25) is 0 Å². The van der Waals surface area contributed by atoms with Crippen molar-refractivity contribution in [3.05, 3.63) is 23.7 Å². The summed E-state index contributed by atoms with van der Waals surface area (Å²) in [7, 11) is 0. The second-order valence-electron chi connectivity index (χ2n) is 7.25. The molecule has 0 aromatic carbocycles. The van der Waals surface area contributed by atoms with Gasteiger partial charge in [0.15, 0.2) is 0 Å². The Hall–Kier alpha value is -0.800. The summed E-state index contributed by atoms with van der Waals surface area (Å²) in [6.07, 6.45) is 13.1. The van der Waals surface area contributed by atoms with Gasteiger partial charge in [-0.2, -0.15) is 0 Å². The SMILES string of the molecule is c1cc(CNC2CC2)c(CN2CCCC3CCCCC32)o1. The zero-order valence-electron chi connectivity index (χ0n) is 13.0. The average Bonchev–Trinajstić information content (AvgIpc) is 3.25. The number of nitrogens with one attached hydrogen (secondary N) is 1. The Morgan fingerprint density at radius 1 is 1.10 bits per heavy atom. The summed E-state index contributed by atoms with van der Waals surface area (Å²) in [6, 6.07) is 3.75. The highest BCUT2D eigenvalue weighted by molar-refractivity contribution is 5.17. The van der Waals surface area contributed by atoms with E-state index in [1.807, 2.05) is 6.26 Å². The molecule has 0 bridgehead atoms. The molecule has 0 radical (unpaired) electrons. The minimum absolute atomic E-state index is 0.769. The largest absolute Gasteiger partial charge is 0.468 e. The molecule has 1 saturated heterocycles. The average molecular weight is 288 g/mol. The molecule has 1 aromatic rings. The van der Waals surface area contributed by atoms with Gasteiger partial charge in [0.25, 0.3) is 0 Å². The van der Waals surface area contributed by atoms with Crippen molar-refractivity contribution in [2.45, 2.75) is 76.5 Å². The summed E-state index contributed by atoms with van der Waals surface area (Å²) in [5, 5.41) is 3.61. The lowest BCUT2D eigenvalue weighted by molar-refractivity contribution is 0.0492. The summed E-state index contributed by atoms with van der Waals surface area (Å²) >= 11 is 0. The Bertz CT molecular complexity index is 464. The third-order valence-electron chi connectivity index (χ3n) is 5.70. The molecule has 21 heavy (non-hydrogen) atoms. The maximum absolute atomic E-state index is 5.82. The molecule has 1 N–H and O–H groups in total. The first-order chi connectivity index (χ1) is 10.4. The van der Waals surface area contributed by atoms with Crippen LogP contribution in [0.4, 0.5) is 0 Å². The van der Waals surface area contributed by atoms with Gasteiger partial charge >= 0.3 is 0 Å². The molecule has 4 rings (SSSR count). The molecule has 0 amide bonds. The molecule has 3 heteroatoms. The van der Waals surface area contributed by atoms with Crippen LogP contribution in [0.15, 0.2) is 16.7 Å². The van der Waals surface area contributed by atoms with E-state index in [2.05, 4.69) is 16.3 Å². The second kappa shape index (κ2) is 6.13. The van der Waals surface area contributed by atoms with Crippen molar-refractivity contribution in [3.8, 4) is 0 Å². The Labute approximate surface area is 128 Å². The Balaban J connectivity index is 1.41. The number of furan rings is 1. The fourth-order valence-electron chi connectivity index (χ4n) is 4.31. The van der Waals surface area contributed by atoms with Crippen molar-refractivity contribution in [1.29, 1.82) is 0 Å². The monoisotopic (exact) mass is 288 g/mol. The van der Waals surface area contributed by atoms with E-state index in [1.165, 1.54) is 69.2 Å². The van der Waals surface area contributed by atoms with Crippen LogP contribution in [0.1, 0.15) is 62.7 Å². The van der Waals surface area contributed by atoms with Gasteiger partial charge in [0.2, 0.25) is 0 Å². The predicted octanol–water partition coefficient (Wildman–Crippen LogP) is 3.69.